The van der Waals surface area contributed by atoms with Crippen LogP contribution in [0.5, 0.6) is 0 Å². The van der Waals surface area contributed by atoms with Gasteiger partial charge in [-0.3, -0.25) is 4.79 Å². The minimum Gasteiger partial charge on any atom is -0.377 e. The fraction of sp³-hybridized carbons (Fsp3) is 0.611. The maximum absolute atomic E-state index is 12.8. The number of pyridine rings is 1. The lowest BCUT2D eigenvalue weighted by molar-refractivity contribution is -0.145. The van der Waals surface area contributed by atoms with E-state index in [9.17, 15) is 4.79 Å². The summed E-state index contributed by atoms with van der Waals surface area (Å²) < 4.78 is 5.77. The van der Waals surface area contributed by atoms with Gasteiger partial charge in [-0.05, 0) is 31.4 Å². The van der Waals surface area contributed by atoms with Crippen LogP contribution in [0, 0.1) is 17.2 Å². The molecule has 0 spiro atoms. The fourth-order valence-corrected chi connectivity index (χ4v) is 3.58. The van der Waals surface area contributed by atoms with E-state index in [4.69, 9.17) is 10.00 Å². The molecule has 128 valence electrons. The number of hydrogen-bond donors (Lipinski definition) is 0. The van der Waals surface area contributed by atoms with Crippen LogP contribution in [0.2, 0.25) is 0 Å². The molecule has 2 aliphatic rings. The Morgan fingerprint density at radius 1 is 1.38 bits per heavy atom. The second-order valence-corrected chi connectivity index (χ2v) is 6.39. The third-order valence-corrected chi connectivity index (χ3v) is 4.98. The number of piperazine rings is 1. The smallest absolute Gasteiger partial charge is 0.228 e. The zero-order valence-electron chi connectivity index (χ0n) is 14.1. The second kappa shape index (κ2) is 7.63. The fourth-order valence-electron chi connectivity index (χ4n) is 3.58. The quantitative estimate of drug-likeness (QED) is 0.846. The van der Waals surface area contributed by atoms with E-state index in [1.807, 2.05) is 17.0 Å². The number of nitriles is 1. The first-order chi connectivity index (χ1) is 11.7. The van der Waals surface area contributed by atoms with Crippen LogP contribution in [0.3, 0.4) is 0 Å². The van der Waals surface area contributed by atoms with E-state index < -0.39 is 0 Å². The van der Waals surface area contributed by atoms with Crippen LogP contribution in [-0.2, 0) is 9.53 Å². The van der Waals surface area contributed by atoms with Crippen LogP contribution < -0.4 is 4.90 Å². The molecule has 0 unspecified atom stereocenters. The number of aromatic nitrogens is 1. The highest BCUT2D eigenvalue weighted by molar-refractivity contribution is 5.80. The molecule has 2 aliphatic heterocycles. The van der Waals surface area contributed by atoms with Crippen molar-refractivity contribution in [3.63, 3.8) is 0 Å². The first-order valence-corrected chi connectivity index (χ1v) is 8.74. The van der Waals surface area contributed by atoms with E-state index >= 15 is 0 Å². The highest BCUT2D eigenvalue weighted by Crippen LogP contribution is 2.26. The Labute approximate surface area is 143 Å². The average Bonchev–Trinajstić information content (AvgIpc) is 2.67. The zero-order valence-corrected chi connectivity index (χ0v) is 14.1. The van der Waals surface area contributed by atoms with E-state index in [1.54, 1.807) is 12.3 Å². The van der Waals surface area contributed by atoms with Gasteiger partial charge >= 0.3 is 0 Å². The third-order valence-electron chi connectivity index (χ3n) is 4.98. The molecule has 2 atom stereocenters. The molecule has 2 saturated heterocycles. The molecule has 0 aromatic carbocycles. The first kappa shape index (κ1) is 16.7. The van der Waals surface area contributed by atoms with Gasteiger partial charge in [0.15, 0.2) is 0 Å². The van der Waals surface area contributed by atoms with Crippen molar-refractivity contribution in [2.45, 2.75) is 32.3 Å². The summed E-state index contributed by atoms with van der Waals surface area (Å²) in [4.78, 5) is 21.1. The van der Waals surface area contributed by atoms with Crippen LogP contribution in [0.15, 0.2) is 18.3 Å². The van der Waals surface area contributed by atoms with E-state index in [2.05, 4.69) is 16.8 Å². The van der Waals surface area contributed by atoms with Crippen LogP contribution in [0.4, 0.5) is 5.69 Å². The van der Waals surface area contributed by atoms with Gasteiger partial charge in [-0.15, -0.1) is 0 Å². The highest BCUT2D eigenvalue weighted by Gasteiger charge is 2.34. The van der Waals surface area contributed by atoms with E-state index in [0.717, 1.165) is 57.7 Å². The number of hydrogen-bond acceptors (Lipinski definition) is 5. The average molecular weight is 328 g/mol. The second-order valence-electron chi connectivity index (χ2n) is 6.39. The Hall–Kier alpha value is -2.13. The molecule has 0 bridgehead atoms. The van der Waals surface area contributed by atoms with Crippen LogP contribution >= 0.6 is 0 Å². The van der Waals surface area contributed by atoms with E-state index in [-0.39, 0.29) is 17.9 Å². The van der Waals surface area contributed by atoms with E-state index in [0.29, 0.717) is 5.69 Å². The van der Waals surface area contributed by atoms with Crippen molar-refractivity contribution in [3.05, 3.63) is 24.0 Å². The van der Waals surface area contributed by atoms with Crippen molar-refractivity contribution in [2.75, 3.05) is 37.7 Å². The normalized spacial score (nSPS) is 24.5. The summed E-state index contributed by atoms with van der Waals surface area (Å²) >= 11 is 0. The van der Waals surface area contributed by atoms with Crippen LogP contribution in [0.25, 0.3) is 0 Å². The standard InChI is InChI=1S/C18H24N4O2/c1-2-17-16(4-3-11-24-17)18(23)22-9-7-21(8-10-22)15-6-5-14(12-19)20-13-15/h5-6,13,16-17H,2-4,7-11H2,1H3/t16-,17+/m1/s1. The highest BCUT2D eigenvalue weighted by atomic mass is 16.5. The Bertz CT molecular complexity index is 602. The summed E-state index contributed by atoms with van der Waals surface area (Å²) in [5.74, 6) is 0.269. The maximum Gasteiger partial charge on any atom is 0.228 e. The van der Waals surface area contributed by atoms with Gasteiger partial charge in [-0.25, -0.2) is 4.98 Å². The molecule has 24 heavy (non-hydrogen) atoms. The molecular weight excluding hydrogens is 304 g/mol. The Morgan fingerprint density at radius 3 is 2.79 bits per heavy atom. The predicted octanol–water partition coefficient (Wildman–Crippen LogP) is 1.81. The third kappa shape index (κ3) is 3.51. The van der Waals surface area contributed by atoms with Crippen molar-refractivity contribution in [3.8, 4) is 6.07 Å². The van der Waals surface area contributed by atoms with E-state index in [1.165, 1.54) is 0 Å². The molecule has 1 aromatic heterocycles. The van der Waals surface area contributed by atoms with Crippen molar-refractivity contribution < 1.29 is 9.53 Å². The molecule has 1 amide bonds. The van der Waals surface area contributed by atoms with Gasteiger partial charge in [-0.1, -0.05) is 6.92 Å². The molecule has 0 aliphatic carbocycles. The van der Waals surface area contributed by atoms with Crippen molar-refractivity contribution in [2.24, 2.45) is 5.92 Å². The number of nitrogens with zero attached hydrogens (tertiary/aromatic N) is 4. The number of carbonyl (C=O) groups is 1. The molecule has 3 rings (SSSR count). The summed E-state index contributed by atoms with van der Waals surface area (Å²) in [5, 5.41) is 8.82. The number of carbonyl (C=O) groups excluding carboxylic acids is 1. The number of amides is 1. The van der Waals surface area contributed by atoms with Gasteiger partial charge in [0.1, 0.15) is 11.8 Å². The molecular formula is C18H24N4O2. The lowest BCUT2D eigenvalue weighted by Gasteiger charge is -2.39. The van der Waals surface area contributed by atoms with Crippen LogP contribution in [0.1, 0.15) is 31.9 Å². The summed E-state index contributed by atoms with van der Waals surface area (Å²) in [5.41, 5.74) is 1.43. The summed E-state index contributed by atoms with van der Waals surface area (Å²) in [7, 11) is 0. The SMILES string of the molecule is CC[C@@H]1OCCC[C@H]1C(=O)N1CCN(c2ccc(C#N)nc2)CC1. The number of rotatable bonds is 3. The van der Waals surface area contributed by atoms with Gasteiger partial charge in [0.2, 0.25) is 5.91 Å². The molecule has 3 heterocycles. The van der Waals surface area contributed by atoms with Gasteiger partial charge in [-0.2, -0.15) is 5.26 Å². The Balaban J connectivity index is 1.58. The van der Waals surface area contributed by atoms with Gasteiger partial charge in [0.05, 0.1) is 23.9 Å². The number of anilines is 1. The predicted molar refractivity (Wildman–Crippen MR) is 90.5 cm³/mol. The summed E-state index contributed by atoms with van der Waals surface area (Å²) in [6.07, 6.45) is 4.62. The largest absolute Gasteiger partial charge is 0.377 e. The van der Waals surface area contributed by atoms with Gasteiger partial charge in [0, 0.05) is 32.8 Å². The topological polar surface area (TPSA) is 69.5 Å². The minimum absolute atomic E-state index is 0.0203. The minimum atomic E-state index is 0.0203. The molecule has 0 N–H and O–H groups in total. The maximum atomic E-state index is 12.8. The lowest BCUT2D eigenvalue weighted by Crippen LogP contribution is -2.52. The molecule has 0 saturated carbocycles. The van der Waals surface area contributed by atoms with Crippen molar-refractivity contribution in [1.29, 1.82) is 5.26 Å². The summed E-state index contributed by atoms with van der Waals surface area (Å²) in [6.45, 7) is 5.92. The monoisotopic (exact) mass is 328 g/mol. The zero-order chi connectivity index (χ0) is 16.9. The van der Waals surface area contributed by atoms with Gasteiger partial charge in [0.25, 0.3) is 0 Å². The first-order valence-electron chi connectivity index (χ1n) is 8.74. The number of ether oxygens (including phenoxy) is 1. The molecule has 6 heteroatoms. The Morgan fingerprint density at radius 2 is 2.17 bits per heavy atom. The molecule has 0 radical (unpaired) electrons. The Kier molecular flexibility index (Phi) is 5.31. The van der Waals surface area contributed by atoms with Crippen molar-refractivity contribution in [1.82, 2.24) is 9.88 Å². The van der Waals surface area contributed by atoms with Crippen molar-refractivity contribution >= 4 is 11.6 Å². The molecule has 2 fully saturated rings. The molecule has 1 aromatic rings. The molecule has 6 nitrogen and oxygen atoms in total. The van der Waals surface area contributed by atoms with Crippen LogP contribution in [-0.4, -0.2) is 54.7 Å². The summed E-state index contributed by atoms with van der Waals surface area (Å²) in [6, 6.07) is 5.69. The lowest BCUT2D eigenvalue weighted by atomic mass is 9.91. The van der Waals surface area contributed by atoms with Gasteiger partial charge < -0.3 is 14.5 Å².